The van der Waals surface area contributed by atoms with Gasteiger partial charge in [-0.05, 0) is 49.4 Å². The number of fused-ring (bicyclic) bond motifs is 1. The van der Waals surface area contributed by atoms with Crippen LogP contribution >= 0.6 is 11.6 Å². The van der Waals surface area contributed by atoms with Gasteiger partial charge in [0.15, 0.2) is 0 Å². The van der Waals surface area contributed by atoms with Gasteiger partial charge in [0.25, 0.3) is 0 Å². The number of allylic oxidation sites excluding steroid dienone is 2. The van der Waals surface area contributed by atoms with Crippen LogP contribution in [0.15, 0.2) is 35.5 Å². The Kier molecular flexibility index (Phi) is 6.79. The van der Waals surface area contributed by atoms with Crippen molar-refractivity contribution < 1.29 is 19.1 Å². The molecule has 2 atom stereocenters. The number of piperidine rings is 1. The van der Waals surface area contributed by atoms with Gasteiger partial charge in [-0.3, -0.25) is 4.79 Å². The summed E-state index contributed by atoms with van der Waals surface area (Å²) in [6.45, 7) is 3.70. The summed E-state index contributed by atoms with van der Waals surface area (Å²) in [4.78, 5) is 30.1. The predicted octanol–water partition coefficient (Wildman–Crippen LogP) is 3.39. The Morgan fingerprint density at radius 2 is 1.74 bits per heavy atom. The first kappa shape index (κ1) is 23.2. The number of rotatable bonds is 3. The third kappa shape index (κ3) is 4.41. The molecular formula is C25H31ClN4O4. The Labute approximate surface area is 205 Å². The topological polar surface area (TPSA) is 74.7 Å². The van der Waals surface area contributed by atoms with E-state index in [1.54, 1.807) is 12.1 Å². The second-order valence-electron chi connectivity index (χ2n) is 9.27. The van der Waals surface area contributed by atoms with E-state index < -0.39 is 0 Å². The first-order chi connectivity index (χ1) is 16.6. The van der Waals surface area contributed by atoms with Crippen LogP contribution < -0.4 is 4.74 Å². The lowest BCUT2D eigenvalue weighted by Gasteiger charge is -2.43. The Balaban J connectivity index is 1.35. The van der Waals surface area contributed by atoms with Crippen LogP contribution in [0.3, 0.4) is 0 Å². The third-order valence-electron chi connectivity index (χ3n) is 7.35. The summed E-state index contributed by atoms with van der Waals surface area (Å²) in [7, 11) is 1.59. The van der Waals surface area contributed by atoms with Crippen LogP contribution in [0.5, 0.6) is 5.75 Å². The van der Waals surface area contributed by atoms with Gasteiger partial charge in [-0.25, -0.2) is 9.80 Å². The molecule has 0 aromatic heterocycles. The smallest absolute Gasteiger partial charge is 0.320 e. The van der Waals surface area contributed by atoms with E-state index in [1.807, 2.05) is 28.0 Å². The van der Waals surface area contributed by atoms with E-state index in [0.29, 0.717) is 50.2 Å². The van der Waals surface area contributed by atoms with Gasteiger partial charge < -0.3 is 19.3 Å². The molecule has 2 unspecified atom stereocenters. The van der Waals surface area contributed by atoms with Crippen molar-refractivity contribution in [3.05, 3.63) is 40.9 Å². The van der Waals surface area contributed by atoms with Gasteiger partial charge >= 0.3 is 6.03 Å². The summed E-state index contributed by atoms with van der Waals surface area (Å²) in [5.41, 5.74) is 1.83. The summed E-state index contributed by atoms with van der Waals surface area (Å²) < 4.78 is 10.7. The van der Waals surface area contributed by atoms with Gasteiger partial charge in [-0.2, -0.15) is 5.10 Å². The van der Waals surface area contributed by atoms with Crippen LogP contribution in [-0.2, 0) is 9.53 Å². The highest BCUT2D eigenvalue weighted by Crippen LogP contribution is 2.38. The van der Waals surface area contributed by atoms with Gasteiger partial charge in [-0.1, -0.05) is 23.8 Å². The first-order valence-electron chi connectivity index (χ1n) is 12.1. The van der Waals surface area contributed by atoms with Crippen molar-refractivity contribution in [1.82, 2.24) is 14.8 Å². The fourth-order valence-electron chi connectivity index (χ4n) is 5.41. The minimum Gasteiger partial charge on any atom is -0.495 e. The largest absolute Gasteiger partial charge is 0.495 e. The van der Waals surface area contributed by atoms with E-state index in [2.05, 4.69) is 12.2 Å². The second kappa shape index (κ2) is 9.96. The molecule has 2 saturated heterocycles. The van der Waals surface area contributed by atoms with E-state index in [9.17, 15) is 9.59 Å². The number of benzene rings is 1. The number of morpholine rings is 1. The zero-order chi connectivity index (χ0) is 23.7. The molecule has 8 nitrogen and oxygen atoms in total. The maximum atomic E-state index is 13.5. The van der Waals surface area contributed by atoms with Crippen LogP contribution in [0, 0.1) is 11.8 Å². The molecule has 5 rings (SSSR count). The number of ether oxygens (including phenoxy) is 2. The van der Waals surface area contributed by atoms with Gasteiger partial charge in [0, 0.05) is 32.1 Å². The standard InChI is InChI=1S/C25H31ClN4O4/c1-33-22-7-6-17(16-21(22)26)23-19-4-2-3-5-20(19)24(31)30(27-23)18-8-10-28(11-9-18)25(32)29-12-14-34-15-13-29/h2-3,6-7,16,18-20H,4-5,8-15H2,1H3. The average molecular weight is 487 g/mol. The number of carbonyl (C=O) groups excluding carboxylic acids is 2. The quantitative estimate of drug-likeness (QED) is 0.614. The molecule has 1 aliphatic carbocycles. The van der Waals surface area contributed by atoms with Crippen molar-refractivity contribution in [2.24, 2.45) is 16.9 Å². The number of methoxy groups -OCH3 is 1. The van der Waals surface area contributed by atoms with Gasteiger partial charge in [0.05, 0.1) is 43.0 Å². The summed E-state index contributed by atoms with van der Waals surface area (Å²) in [5, 5.41) is 7.18. The molecule has 0 saturated carbocycles. The molecule has 0 N–H and O–H groups in total. The minimum atomic E-state index is -0.119. The number of amides is 3. The number of urea groups is 1. The lowest BCUT2D eigenvalue weighted by molar-refractivity contribution is -0.141. The number of hydrogen-bond donors (Lipinski definition) is 0. The number of halogens is 1. The summed E-state index contributed by atoms with van der Waals surface area (Å²) in [5.74, 6) is 0.635. The zero-order valence-corrected chi connectivity index (χ0v) is 20.2. The van der Waals surface area contributed by atoms with Crippen molar-refractivity contribution in [3.63, 3.8) is 0 Å². The van der Waals surface area contributed by atoms with Crippen molar-refractivity contribution in [1.29, 1.82) is 0 Å². The maximum Gasteiger partial charge on any atom is 0.320 e. The van der Waals surface area contributed by atoms with Crippen molar-refractivity contribution >= 4 is 29.3 Å². The Morgan fingerprint density at radius 3 is 2.41 bits per heavy atom. The summed E-state index contributed by atoms with van der Waals surface area (Å²) in [6, 6.07) is 5.76. The number of hydrogen-bond acceptors (Lipinski definition) is 5. The fourth-order valence-corrected chi connectivity index (χ4v) is 5.67. The molecule has 34 heavy (non-hydrogen) atoms. The van der Waals surface area contributed by atoms with Crippen molar-refractivity contribution in [3.8, 4) is 5.75 Å². The minimum absolute atomic E-state index is 0.0168. The molecule has 2 fully saturated rings. The van der Waals surface area contributed by atoms with Crippen LogP contribution in [-0.4, -0.2) is 85.0 Å². The van der Waals surface area contributed by atoms with E-state index in [1.165, 1.54) is 0 Å². The lowest BCUT2D eigenvalue weighted by atomic mass is 9.76. The normalized spacial score (nSPS) is 25.8. The Hall–Kier alpha value is -2.58. The zero-order valence-electron chi connectivity index (χ0n) is 19.5. The number of nitrogens with zero attached hydrogens (tertiary/aromatic N) is 4. The van der Waals surface area contributed by atoms with Crippen LogP contribution in [0.1, 0.15) is 31.2 Å². The van der Waals surface area contributed by atoms with E-state index in [0.717, 1.165) is 37.0 Å². The number of hydrazone groups is 1. The Bertz CT molecular complexity index is 999. The Morgan fingerprint density at radius 1 is 1.06 bits per heavy atom. The molecule has 1 aromatic carbocycles. The molecule has 0 radical (unpaired) electrons. The molecule has 3 amide bonds. The highest BCUT2D eigenvalue weighted by molar-refractivity contribution is 6.32. The van der Waals surface area contributed by atoms with Crippen molar-refractivity contribution in [2.45, 2.75) is 31.7 Å². The molecule has 4 aliphatic rings. The predicted molar refractivity (Wildman–Crippen MR) is 129 cm³/mol. The van der Waals surface area contributed by atoms with Crippen molar-refractivity contribution in [2.75, 3.05) is 46.5 Å². The van der Waals surface area contributed by atoms with Crippen LogP contribution in [0.2, 0.25) is 5.02 Å². The maximum absolute atomic E-state index is 13.5. The third-order valence-corrected chi connectivity index (χ3v) is 7.65. The molecule has 3 aliphatic heterocycles. The van der Waals surface area contributed by atoms with Gasteiger partial charge in [0.1, 0.15) is 5.75 Å². The molecule has 0 bridgehead atoms. The summed E-state index contributed by atoms with van der Waals surface area (Å²) in [6.07, 6.45) is 7.19. The highest BCUT2D eigenvalue weighted by atomic mass is 35.5. The number of carbonyl (C=O) groups is 2. The van der Waals surface area contributed by atoms with Crippen LogP contribution in [0.25, 0.3) is 0 Å². The van der Waals surface area contributed by atoms with Gasteiger partial charge in [-0.15, -0.1) is 0 Å². The van der Waals surface area contributed by atoms with E-state index in [4.69, 9.17) is 26.2 Å². The monoisotopic (exact) mass is 486 g/mol. The number of likely N-dealkylation sites (tertiary alicyclic amines) is 1. The van der Waals surface area contributed by atoms with Gasteiger partial charge in [0.2, 0.25) is 5.91 Å². The van der Waals surface area contributed by atoms with E-state index in [-0.39, 0.29) is 29.8 Å². The van der Waals surface area contributed by atoms with E-state index >= 15 is 0 Å². The molecule has 0 spiro atoms. The molecule has 182 valence electrons. The molecule has 1 aromatic rings. The molecule has 9 heteroatoms. The van der Waals surface area contributed by atoms with Crippen LogP contribution in [0.4, 0.5) is 4.79 Å². The first-order valence-corrected chi connectivity index (χ1v) is 12.5. The lowest BCUT2D eigenvalue weighted by Crippen LogP contribution is -2.55. The average Bonchev–Trinajstić information content (AvgIpc) is 2.89. The molecule has 3 heterocycles. The SMILES string of the molecule is COc1ccc(C2=NN(C3CCN(C(=O)N4CCOCC4)CC3)C(=O)C3CC=CCC23)cc1Cl. The molecular weight excluding hydrogens is 456 g/mol. The second-order valence-corrected chi connectivity index (χ2v) is 9.68. The summed E-state index contributed by atoms with van der Waals surface area (Å²) >= 11 is 6.42. The highest BCUT2D eigenvalue weighted by Gasteiger charge is 2.43. The fraction of sp³-hybridized carbons (Fsp3) is 0.560.